The van der Waals surface area contributed by atoms with Crippen LogP contribution in [0.2, 0.25) is 0 Å². The minimum absolute atomic E-state index is 0.557. The average Bonchev–Trinajstić information content (AvgIpc) is 2.85. The second kappa shape index (κ2) is 3.08. The maximum absolute atomic E-state index is 4.44. The van der Waals surface area contributed by atoms with E-state index in [1.54, 1.807) is 0 Å². The standard InChI is InChI=1S/C12H19N3/c1-10(2)14-7-11-3-6-13-15(11)9-12(8-14)4-5-12/h3,6,10H,4-5,7-9H2,1-2H3. The molecule has 1 aromatic heterocycles. The van der Waals surface area contributed by atoms with Crippen molar-refractivity contribution in [3.05, 3.63) is 18.0 Å². The van der Waals surface area contributed by atoms with Crippen LogP contribution in [0, 0.1) is 5.41 Å². The number of fused-ring (bicyclic) bond motifs is 1. The molecule has 3 rings (SSSR count). The molecule has 1 saturated carbocycles. The molecule has 3 nitrogen and oxygen atoms in total. The summed E-state index contributed by atoms with van der Waals surface area (Å²) in [6.45, 7) is 8.05. The minimum atomic E-state index is 0.557. The van der Waals surface area contributed by atoms with Crippen molar-refractivity contribution in [3.8, 4) is 0 Å². The summed E-state index contributed by atoms with van der Waals surface area (Å²) in [5.41, 5.74) is 1.94. The van der Waals surface area contributed by atoms with Gasteiger partial charge in [0.2, 0.25) is 0 Å². The van der Waals surface area contributed by atoms with Gasteiger partial charge in [-0.05, 0) is 32.8 Å². The third kappa shape index (κ3) is 1.59. The van der Waals surface area contributed by atoms with Crippen LogP contribution in [0.25, 0.3) is 0 Å². The van der Waals surface area contributed by atoms with Gasteiger partial charge in [0.25, 0.3) is 0 Å². The van der Waals surface area contributed by atoms with Crippen molar-refractivity contribution >= 4 is 0 Å². The van der Waals surface area contributed by atoms with Crippen LogP contribution in [0.1, 0.15) is 32.4 Å². The first-order valence-corrected chi connectivity index (χ1v) is 5.93. The molecule has 82 valence electrons. The Balaban J connectivity index is 1.92. The fourth-order valence-electron chi connectivity index (χ4n) is 2.56. The Morgan fingerprint density at radius 1 is 1.33 bits per heavy atom. The zero-order chi connectivity index (χ0) is 10.5. The van der Waals surface area contributed by atoms with Gasteiger partial charge in [0.15, 0.2) is 0 Å². The van der Waals surface area contributed by atoms with Crippen LogP contribution in [-0.2, 0) is 13.1 Å². The van der Waals surface area contributed by atoms with E-state index in [9.17, 15) is 0 Å². The summed E-state index contributed by atoms with van der Waals surface area (Å²) in [7, 11) is 0. The van der Waals surface area contributed by atoms with Crippen molar-refractivity contribution in [1.82, 2.24) is 14.7 Å². The Kier molecular flexibility index (Phi) is 1.93. The minimum Gasteiger partial charge on any atom is -0.295 e. The first-order valence-electron chi connectivity index (χ1n) is 5.93. The maximum atomic E-state index is 4.44. The fraction of sp³-hybridized carbons (Fsp3) is 0.750. The van der Waals surface area contributed by atoms with Crippen molar-refractivity contribution in [2.75, 3.05) is 6.54 Å². The van der Waals surface area contributed by atoms with Crippen molar-refractivity contribution in [2.45, 2.75) is 45.8 Å². The van der Waals surface area contributed by atoms with Crippen LogP contribution in [0.5, 0.6) is 0 Å². The van der Waals surface area contributed by atoms with Crippen LogP contribution in [0.3, 0.4) is 0 Å². The Labute approximate surface area is 91.1 Å². The number of nitrogens with zero attached hydrogens (tertiary/aromatic N) is 3. The van der Waals surface area contributed by atoms with Gasteiger partial charge in [0.05, 0.1) is 5.69 Å². The summed E-state index contributed by atoms with van der Waals surface area (Å²) in [4.78, 5) is 2.59. The highest BCUT2D eigenvalue weighted by Gasteiger charge is 2.46. The number of rotatable bonds is 1. The Bertz CT molecular complexity index is 363. The van der Waals surface area contributed by atoms with Gasteiger partial charge in [-0.25, -0.2) is 0 Å². The third-order valence-corrected chi connectivity index (χ3v) is 3.88. The van der Waals surface area contributed by atoms with Crippen molar-refractivity contribution in [3.63, 3.8) is 0 Å². The van der Waals surface area contributed by atoms with E-state index in [1.165, 1.54) is 25.1 Å². The predicted molar refractivity (Wildman–Crippen MR) is 59.4 cm³/mol. The lowest BCUT2D eigenvalue weighted by Gasteiger charge is -2.27. The molecule has 0 saturated heterocycles. The first kappa shape index (κ1) is 9.40. The summed E-state index contributed by atoms with van der Waals surface area (Å²) in [5.74, 6) is 0. The van der Waals surface area contributed by atoms with E-state index in [1.807, 2.05) is 6.20 Å². The first-order chi connectivity index (χ1) is 7.19. The molecular formula is C12H19N3. The third-order valence-electron chi connectivity index (χ3n) is 3.88. The SMILES string of the molecule is CC(C)N1Cc2ccnn2CC2(CC2)C1. The summed E-state index contributed by atoms with van der Waals surface area (Å²) in [5, 5.41) is 4.44. The van der Waals surface area contributed by atoms with Crippen LogP contribution in [0.15, 0.2) is 12.3 Å². The van der Waals surface area contributed by atoms with Crippen molar-refractivity contribution in [1.29, 1.82) is 0 Å². The van der Waals surface area contributed by atoms with Crippen LogP contribution >= 0.6 is 0 Å². The van der Waals surface area contributed by atoms with Gasteiger partial charge in [-0.2, -0.15) is 5.10 Å². The fourth-order valence-corrected chi connectivity index (χ4v) is 2.56. The van der Waals surface area contributed by atoms with E-state index in [0.29, 0.717) is 11.5 Å². The lowest BCUT2D eigenvalue weighted by molar-refractivity contribution is 0.175. The molecule has 0 amide bonds. The van der Waals surface area contributed by atoms with Crippen LogP contribution in [0.4, 0.5) is 0 Å². The highest BCUT2D eigenvalue weighted by Crippen LogP contribution is 2.49. The smallest absolute Gasteiger partial charge is 0.0524 e. The average molecular weight is 205 g/mol. The lowest BCUT2D eigenvalue weighted by atomic mass is 10.1. The molecule has 0 atom stereocenters. The van der Waals surface area contributed by atoms with Crippen LogP contribution in [-0.4, -0.2) is 27.3 Å². The molecule has 3 heteroatoms. The summed E-state index contributed by atoms with van der Waals surface area (Å²) < 4.78 is 2.22. The van der Waals surface area contributed by atoms with E-state index in [4.69, 9.17) is 0 Å². The predicted octanol–water partition coefficient (Wildman–Crippen LogP) is 1.89. The zero-order valence-corrected chi connectivity index (χ0v) is 9.61. The molecule has 2 aliphatic rings. The van der Waals surface area contributed by atoms with E-state index in [-0.39, 0.29) is 0 Å². The number of hydrogen-bond acceptors (Lipinski definition) is 2. The molecule has 1 aliphatic carbocycles. The van der Waals surface area contributed by atoms with Gasteiger partial charge in [0, 0.05) is 37.3 Å². The number of aromatic nitrogens is 2. The highest BCUT2D eigenvalue weighted by atomic mass is 15.3. The summed E-state index contributed by atoms with van der Waals surface area (Å²) >= 11 is 0. The topological polar surface area (TPSA) is 21.1 Å². The molecule has 2 heterocycles. The Morgan fingerprint density at radius 3 is 2.80 bits per heavy atom. The van der Waals surface area contributed by atoms with E-state index < -0.39 is 0 Å². The quantitative estimate of drug-likeness (QED) is 0.698. The molecule has 0 unspecified atom stereocenters. The molecule has 1 spiro atoms. The van der Waals surface area contributed by atoms with E-state index in [2.05, 4.69) is 34.6 Å². The monoisotopic (exact) mass is 205 g/mol. The number of hydrogen-bond donors (Lipinski definition) is 0. The van der Waals surface area contributed by atoms with Crippen molar-refractivity contribution in [2.24, 2.45) is 5.41 Å². The highest BCUT2D eigenvalue weighted by molar-refractivity contribution is 5.07. The van der Waals surface area contributed by atoms with Gasteiger partial charge >= 0.3 is 0 Å². The molecule has 1 aliphatic heterocycles. The molecular weight excluding hydrogens is 186 g/mol. The van der Waals surface area contributed by atoms with Crippen molar-refractivity contribution < 1.29 is 0 Å². The van der Waals surface area contributed by atoms with Gasteiger partial charge in [-0.1, -0.05) is 0 Å². The molecule has 1 aromatic rings. The molecule has 0 bridgehead atoms. The summed E-state index contributed by atoms with van der Waals surface area (Å²) in [6.07, 6.45) is 4.71. The summed E-state index contributed by atoms with van der Waals surface area (Å²) in [6, 6.07) is 2.81. The van der Waals surface area contributed by atoms with E-state index >= 15 is 0 Å². The lowest BCUT2D eigenvalue weighted by Crippen LogP contribution is -2.34. The van der Waals surface area contributed by atoms with Gasteiger partial charge < -0.3 is 0 Å². The van der Waals surface area contributed by atoms with Gasteiger partial charge in [0.1, 0.15) is 0 Å². The largest absolute Gasteiger partial charge is 0.295 e. The van der Waals surface area contributed by atoms with E-state index in [0.717, 1.165) is 13.1 Å². The second-order valence-corrected chi connectivity index (χ2v) is 5.48. The Hall–Kier alpha value is -0.830. The molecule has 0 aromatic carbocycles. The van der Waals surface area contributed by atoms with Gasteiger partial charge in [-0.15, -0.1) is 0 Å². The molecule has 1 fully saturated rings. The maximum Gasteiger partial charge on any atom is 0.0524 e. The normalized spacial score (nSPS) is 24.2. The molecule has 15 heavy (non-hydrogen) atoms. The van der Waals surface area contributed by atoms with Crippen LogP contribution < -0.4 is 0 Å². The zero-order valence-electron chi connectivity index (χ0n) is 9.61. The molecule has 0 radical (unpaired) electrons. The molecule has 0 N–H and O–H groups in total. The van der Waals surface area contributed by atoms with Gasteiger partial charge in [-0.3, -0.25) is 9.58 Å². The second-order valence-electron chi connectivity index (χ2n) is 5.48. The Morgan fingerprint density at radius 2 is 2.13 bits per heavy atom.